The molecule has 0 saturated carbocycles. The predicted octanol–water partition coefficient (Wildman–Crippen LogP) is 0.934. The van der Waals surface area contributed by atoms with Crippen LogP contribution in [0.3, 0.4) is 0 Å². The van der Waals surface area contributed by atoms with Crippen LogP contribution in [0.2, 0.25) is 0 Å². The van der Waals surface area contributed by atoms with Crippen LogP contribution in [0.4, 0.5) is 0 Å². The molecule has 0 aliphatic carbocycles. The van der Waals surface area contributed by atoms with Gasteiger partial charge in [0.2, 0.25) is 17.7 Å². The quantitative estimate of drug-likeness (QED) is 0.754. The van der Waals surface area contributed by atoms with Crippen molar-refractivity contribution < 1.29 is 19.1 Å². The third-order valence-electron chi connectivity index (χ3n) is 7.03. The molecule has 7 nitrogen and oxygen atoms in total. The number of aryl methyl sites for hydroxylation is 2. The Labute approximate surface area is 176 Å². The number of hydrogen-bond donors (Lipinski definition) is 1. The van der Waals surface area contributed by atoms with E-state index in [0.717, 1.165) is 5.56 Å². The van der Waals surface area contributed by atoms with Crippen LogP contribution in [0.15, 0.2) is 30.4 Å². The van der Waals surface area contributed by atoms with Crippen LogP contribution in [0.25, 0.3) is 0 Å². The Hall–Kier alpha value is -2.67. The van der Waals surface area contributed by atoms with E-state index in [1.807, 2.05) is 17.1 Å². The summed E-state index contributed by atoms with van der Waals surface area (Å²) in [6.07, 6.45) is 3.86. The van der Waals surface area contributed by atoms with E-state index >= 15 is 0 Å². The lowest BCUT2D eigenvalue weighted by Crippen LogP contribution is -2.47. The number of rotatable bonds is 3. The number of nitrogens with one attached hydrogen (secondary N) is 1. The highest BCUT2D eigenvalue weighted by molar-refractivity contribution is 5.93. The Balaban J connectivity index is 1.37. The molecule has 1 aromatic carbocycles. The van der Waals surface area contributed by atoms with Crippen molar-refractivity contribution >= 4 is 17.7 Å². The Bertz CT molecular complexity index is 958. The number of carbonyl (C=O) groups is 3. The first-order valence-corrected chi connectivity index (χ1v) is 10.7. The summed E-state index contributed by atoms with van der Waals surface area (Å²) in [6, 6.07) is 6.25. The van der Waals surface area contributed by atoms with Crippen molar-refractivity contribution in [2.24, 2.45) is 11.8 Å². The molecule has 4 aliphatic rings. The number of carbonyl (C=O) groups excluding carboxylic acids is 3. The molecule has 0 radical (unpaired) electrons. The molecule has 7 heteroatoms. The number of amides is 3. The van der Waals surface area contributed by atoms with E-state index in [0.29, 0.717) is 39.1 Å². The highest BCUT2D eigenvalue weighted by atomic mass is 16.5. The minimum Gasteiger partial charge on any atom is -0.360 e. The fourth-order valence-corrected chi connectivity index (χ4v) is 5.31. The van der Waals surface area contributed by atoms with E-state index in [-0.39, 0.29) is 23.8 Å². The summed E-state index contributed by atoms with van der Waals surface area (Å²) in [4.78, 5) is 42.0. The lowest BCUT2D eigenvalue weighted by Gasteiger charge is -2.29. The Morgan fingerprint density at radius 3 is 2.87 bits per heavy atom. The highest BCUT2D eigenvalue weighted by Crippen LogP contribution is 2.52. The normalized spacial score (nSPS) is 32.4. The van der Waals surface area contributed by atoms with Crippen LogP contribution in [0.5, 0.6) is 0 Å². The third kappa shape index (κ3) is 2.95. The van der Waals surface area contributed by atoms with Crippen molar-refractivity contribution in [1.82, 2.24) is 15.1 Å². The van der Waals surface area contributed by atoms with E-state index in [4.69, 9.17) is 4.74 Å². The van der Waals surface area contributed by atoms with Crippen LogP contribution in [0.1, 0.15) is 23.1 Å². The SMILES string of the molecule is Cc1ccc(CN2C[C@@]34C=C[C@@H](O3)C(C(=O)N3CCNC(=O)CC3)C4C2=O)cc1C. The molecule has 2 unspecified atom stereocenters. The van der Waals surface area contributed by atoms with Gasteiger partial charge in [0.25, 0.3) is 0 Å². The molecule has 3 saturated heterocycles. The van der Waals surface area contributed by atoms with Crippen molar-refractivity contribution in [1.29, 1.82) is 0 Å². The van der Waals surface area contributed by atoms with Crippen molar-refractivity contribution in [3.8, 4) is 0 Å². The summed E-state index contributed by atoms with van der Waals surface area (Å²) < 4.78 is 6.24. The molecule has 30 heavy (non-hydrogen) atoms. The number of benzene rings is 1. The first kappa shape index (κ1) is 19.3. The molecule has 1 aromatic rings. The summed E-state index contributed by atoms with van der Waals surface area (Å²) in [7, 11) is 0. The molecule has 4 aliphatic heterocycles. The van der Waals surface area contributed by atoms with Gasteiger partial charge in [0.05, 0.1) is 24.5 Å². The van der Waals surface area contributed by atoms with Crippen LogP contribution < -0.4 is 5.32 Å². The average molecular weight is 409 g/mol. The van der Waals surface area contributed by atoms with E-state index in [1.54, 1.807) is 4.90 Å². The third-order valence-corrected chi connectivity index (χ3v) is 7.03. The van der Waals surface area contributed by atoms with Gasteiger partial charge in [-0.05, 0) is 30.5 Å². The molecule has 5 rings (SSSR count). The molecule has 4 atom stereocenters. The monoisotopic (exact) mass is 409 g/mol. The van der Waals surface area contributed by atoms with Gasteiger partial charge in [-0.25, -0.2) is 0 Å². The minimum atomic E-state index is -0.707. The maximum absolute atomic E-state index is 13.4. The second-order valence-electron chi connectivity index (χ2n) is 8.94. The summed E-state index contributed by atoms with van der Waals surface area (Å²) in [5, 5.41) is 2.80. The summed E-state index contributed by atoms with van der Waals surface area (Å²) in [5.74, 6) is -1.13. The largest absolute Gasteiger partial charge is 0.360 e. The van der Waals surface area contributed by atoms with Gasteiger partial charge in [0, 0.05) is 32.6 Å². The zero-order valence-corrected chi connectivity index (χ0v) is 17.4. The lowest BCUT2D eigenvalue weighted by atomic mass is 9.76. The number of hydrogen-bond acceptors (Lipinski definition) is 4. The van der Waals surface area contributed by atoms with Crippen LogP contribution >= 0.6 is 0 Å². The van der Waals surface area contributed by atoms with Crippen LogP contribution in [-0.2, 0) is 25.7 Å². The Morgan fingerprint density at radius 2 is 2.07 bits per heavy atom. The second-order valence-corrected chi connectivity index (χ2v) is 8.94. The van der Waals surface area contributed by atoms with Gasteiger partial charge in [0.1, 0.15) is 5.60 Å². The van der Waals surface area contributed by atoms with Gasteiger partial charge in [-0.1, -0.05) is 30.4 Å². The maximum atomic E-state index is 13.4. The van der Waals surface area contributed by atoms with E-state index < -0.39 is 17.4 Å². The Kier molecular flexibility index (Phi) is 4.47. The molecule has 3 fully saturated rings. The van der Waals surface area contributed by atoms with Crippen molar-refractivity contribution in [3.63, 3.8) is 0 Å². The predicted molar refractivity (Wildman–Crippen MR) is 109 cm³/mol. The summed E-state index contributed by atoms with van der Waals surface area (Å²) >= 11 is 0. The first-order chi connectivity index (χ1) is 14.4. The van der Waals surface area contributed by atoms with Crippen LogP contribution in [0, 0.1) is 25.7 Å². The molecule has 158 valence electrons. The van der Waals surface area contributed by atoms with E-state index in [9.17, 15) is 14.4 Å². The van der Waals surface area contributed by atoms with Crippen molar-refractivity contribution in [2.75, 3.05) is 26.2 Å². The molecule has 1 N–H and O–H groups in total. The summed E-state index contributed by atoms with van der Waals surface area (Å²) in [5.41, 5.74) is 2.80. The molecule has 4 heterocycles. The fraction of sp³-hybridized carbons (Fsp3) is 0.522. The fourth-order valence-electron chi connectivity index (χ4n) is 5.31. The van der Waals surface area contributed by atoms with Gasteiger partial charge in [-0.15, -0.1) is 0 Å². The van der Waals surface area contributed by atoms with Gasteiger partial charge in [-0.2, -0.15) is 0 Å². The molecule has 0 aromatic heterocycles. The average Bonchev–Trinajstić information content (AvgIpc) is 3.28. The number of ether oxygens (including phenoxy) is 1. The zero-order chi connectivity index (χ0) is 21.0. The summed E-state index contributed by atoms with van der Waals surface area (Å²) in [6.45, 7) is 6.43. The van der Waals surface area contributed by atoms with E-state index in [1.165, 1.54) is 11.1 Å². The smallest absolute Gasteiger partial charge is 0.230 e. The Morgan fingerprint density at radius 1 is 1.23 bits per heavy atom. The molecular weight excluding hydrogens is 382 g/mol. The lowest BCUT2D eigenvalue weighted by molar-refractivity contribution is -0.143. The topological polar surface area (TPSA) is 79.0 Å². The molecule has 1 spiro atoms. The molecular formula is C23H27N3O4. The van der Waals surface area contributed by atoms with Gasteiger partial charge >= 0.3 is 0 Å². The highest BCUT2D eigenvalue weighted by Gasteiger charge is 2.67. The van der Waals surface area contributed by atoms with Gasteiger partial charge in [0.15, 0.2) is 0 Å². The maximum Gasteiger partial charge on any atom is 0.230 e. The first-order valence-electron chi connectivity index (χ1n) is 10.7. The van der Waals surface area contributed by atoms with Crippen molar-refractivity contribution in [3.05, 3.63) is 47.0 Å². The van der Waals surface area contributed by atoms with Gasteiger partial charge in [-0.3, -0.25) is 14.4 Å². The standard InChI is InChI=1S/C23H27N3O4/c1-14-3-4-16(11-15(14)2)12-26-13-23-7-5-17(30-23)19(20(23)22(26)29)21(28)25-9-6-18(27)24-8-10-25/h3-5,7,11,17,19-20H,6,8-10,12-13H2,1-2H3,(H,24,27)/t17-,19?,20?,23-/m1/s1. The number of nitrogens with zero attached hydrogens (tertiary/aromatic N) is 2. The van der Waals surface area contributed by atoms with Crippen LogP contribution in [-0.4, -0.2) is 65.4 Å². The molecule has 3 amide bonds. The minimum absolute atomic E-state index is 0.0116. The van der Waals surface area contributed by atoms with Crippen molar-refractivity contribution in [2.45, 2.75) is 38.5 Å². The number of likely N-dealkylation sites (tertiary alicyclic amines) is 1. The van der Waals surface area contributed by atoms with Gasteiger partial charge < -0.3 is 19.9 Å². The molecule has 2 bridgehead atoms. The number of fused-ring (bicyclic) bond motifs is 1. The second kappa shape index (κ2) is 6.94. The zero-order valence-electron chi connectivity index (χ0n) is 17.4. The van der Waals surface area contributed by atoms with E-state index in [2.05, 4.69) is 37.4 Å².